The minimum atomic E-state index is 0.0763. The molecule has 1 amide bonds. The van der Waals surface area contributed by atoms with Crippen molar-refractivity contribution in [1.29, 1.82) is 0 Å². The van der Waals surface area contributed by atoms with Crippen LogP contribution < -0.4 is 5.32 Å². The van der Waals surface area contributed by atoms with Crippen molar-refractivity contribution < 1.29 is 4.79 Å². The first-order chi connectivity index (χ1) is 6.15. The third kappa shape index (κ3) is 2.54. The first kappa shape index (κ1) is 10.2. The predicted molar refractivity (Wildman–Crippen MR) is 55.1 cm³/mol. The van der Waals surface area contributed by atoms with Crippen LogP contribution in [-0.2, 0) is 6.54 Å². The average molecular weight is 198 g/mol. The zero-order chi connectivity index (χ0) is 9.84. The van der Waals surface area contributed by atoms with Crippen LogP contribution in [0.4, 0.5) is 0 Å². The lowest BCUT2D eigenvalue weighted by Gasteiger charge is -2.07. The van der Waals surface area contributed by atoms with E-state index in [2.05, 4.69) is 5.32 Å². The van der Waals surface area contributed by atoms with Gasteiger partial charge >= 0.3 is 0 Å². The zero-order valence-electron chi connectivity index (χ0n) is 8.13. The van der Waals surface area contributed by atoms with Gasteiger partial charge in [-0.1, -0.05) is 0 Å². The minimum Gasteiger partial charge on any atom is -0.344 e. The summed E-state index contributed by atoms with van der Waals surface area (Å²) in [4.78, 5) is 15.1. The van der Waals surface area contributed by atoms with Crippen molar-refractivity contribution in [2.24, 2.45) is 0 Å². The van der Waals surface area contributed by atoms with E-state index in [-0.39, 0.29) is 5.91 Å². The first-order valence-corrected chi connectivity index (χ1v) is 4.91. The maximum absolute atomic E-state index is 11.5. The molecule has 0 aliphatic heterocycles. The lowest BCUT2D eigenvalue weighted by atomic mass is 10.4. The maximum atomic E-state index is 11.5. The topological polar surface area (TPSA) is 32.3 Å². The van der Waals surface area contributed by atoms with Gasteiger partial charge in [0.2, 0.25) is 0 Å². The van der Waals surface area contributed by atoms with E-state index in [1.54, 1.807) is 30.3 Å². The zero-order valence-corrected chi connectivity index (χ0v) is 8.94. The number of amides is 1. The van der Waals surface area contributed by atoms with Crippen LogP contribution in [0, 0.1) is 0 Å². The molecule has 3 nitrogen and oxygen atoms in total. The van der Waals surface area contributed by atoms with Crippen LogP contribution >= 0.6 is 11.3 Å². The maximum Gasteiger partial charge on any atom is 0.263 e. The summed E-state index contributed by atoms with van der Waals surface area (Å²) in [5, 5.41) is 3.05. The van der Waals surface area contributed by atoms with E-state index in [1.165, 1.54) is 4.88 Å². The number of nitrogens with one attached hydrogen (secondary N) is 1. The van der Waals surface area contributed by atoms with Gasteiger partial charge in [0.1, 0.15) is 0 Å². The molecule has 72 valence electrons. The van der Waals surface area contributed by atoms with Crippen LogP contribution in [0.5, 0.6) is 0 Å². The minimum absolute atomic E-state index is 0.0763. The van der Waals surface area contributed by atoms with Gasteiger partial charge in [-0.3, -0.25) is 4.79 Å². The van der Waals surface area contributed by atoms with Gasteiger partial charge in [0.15, 0.2) is 0 Å². The van der Waals surface area contributed by atoms with Gasteiger partial charge in [-0.25, -0.2) is 0 Å². The van der Waals surface area contributed by atoms with E-state index >= 15 is 0 Å². The highest BCUT2D eigenvalue weighted by Gasteiger charge is 2.10. The molecule has 1 aromatic rings. The van der Waals surface area contributed by atoms with E-state index in [1.807, 2.05) is 19.2 Å². The van der Waals surface area contributed by atoms with E-state index < -0.39 is 0 Å². The normalized spacial score (nSPS) is 10.1. The van der Waals surface area contributed by atoms with Crippen LogP contribution in [0.1, 0.15) is 14.5 Å². The smallest absolute Gasteiger partial charge is 0.263 e. The highest BCUT2D eigenvalue weighted by molar-refractivity contribution is 7.14. The van der Waals surface area contributed by atoms with Gasteiger partial charge in [0.05, 0.1) is 4.88 Å². The summed E-state index contributed by atoms with van der Waals surface area (Å²) in [5.41, 5.74) is 0. The number of rotatable bonds is 3. The SMILES string of the molecule is CNCc1ccc(C(=O)N(C)C)s1. The summed E-state index contributed by atoms with van der Waals surface area (Å²) in [6.45, 7) is 0.825. The van der Waals surface area contributed by atoms with Crippen molar-refractivity contribution in [1.82, 2.24) is 10.2 Å². The largest absolute Gasteiger partial charge is 0.344 e. The molecule has 4 heteroatoms. The van der Waals surface area contributed by atoms with Crippen molar-refractivity contribution in [2.75, 3.05) is 21.1 Å². The number of nitrogens with zero attached hydrogens (tertiary/aromatic N) is 1. The molecule has 0 aliphatic carbocycles. The van der Waals surface area contributed by atoms with E-state index in [9.17, 15) is 4.79 Å². The Hall–Kier alpha value is -0.870. The molecular formula is C9H14N2OS. The molecule has 0 saturated heterocycles. The van der Waals surface area contributed by atoms with Crippen LogP contribution in [0.25, 0.3) is 0 Å². The Balaban J connectivity index is 2.73. The Morgan fingerprint density at radius 2 is 2.23 bits per heavy atom. The van der Waals surface area contributed by atoms with Crippen molar-refractivity contribution in [3.8, 4) is 0 Å². The summed E-state index contributed by atoms with van der Waals surface area (Å²) < 4.78 is 0. The Labute approximate surface area is 82.4 Å². The molecule has 1 rings (SSSR count). The van der Waals surface area contributed by atoms with Crippen molar-refractivity contribution >= 4 is 17.2 Å². The fourth-order valence-electron chi connectivity index (χ4n) is 0.982. The highest BCUT2D eigenvalue weighted by atomic mass is 32.1. The van der Waals surface area contributed by atoms with E-state index in [0.29, 0.717) is 0 Å². The summed E-state index contributed by atoms with van der Waals surface area (Å²) in [6.07, 6.45) is 0. The Bertz CT molecular complexity index is 294. The summed E-state index contributed by atoms with van der Waals surface area (Å²) in [7, 11) is 5.42. The first-order valence-electron chi connectivity index (χ1n) is 4.10. The van der Waals surface area contributed by atoms with Crippen LogP contribution in [0.15, 0.2) is 12.1 Å². The van der Waals surface area contributed by atoms with Gasteiger partial charge in [-0.05, 0) is 19.2 Å². The highest BCUT2D eigenvalue weighted by Crippen LogP contribution is 2.17. The van der Waals surface area contributed by atoms with Crippen molar-refractivity contribution in [2.45, 2.75) is 6.54 Å². The molecule has 0 bridgehead atoms. The summed E-state index contributed by atoms with van der Waals surface area (Å²) in [5.74, 6) is 0.0763. The standard InChI is InChI=1S/C9H14N2OS/c1-10-6-7-4-5-8(13-7)9(12)11(2)3/h4-5,10H,6H2,1-3H3. The van der Waals surface area contributed by atoms with Crippen LogP contribution in [0.2, 0.25) is 0 Å². The molecule has 0 radical (unpaired) electrons. The molecule has 0 spiro atoms. The van der Waals surface area contributed by atoms with Gasteiger partial charge in [0, 0.05) is 25.5 Å². The number of thiophene rings is 1. The summed E-state index contributed by atoms with van der Waals surface area (Å²) >= 11 is 1.54. The quantitative estimate of drug-likeness (QED) is 0.790. The molecule has 1 N–H and O–H groups in total. The molecule has 0 atom stereocenters. The van der Waals surface area contributed by atoms with Gasteiger partial charge in [-0.15, -0.1) is 11.3 Å². The van der Waals surface area contributed by atoms with E-state index in [4.69, 9.17) is 0 Å². The molecule has 0 aliphatic rings. The predicted octanol–water partition coefficient (Wildman–Crippen LogP) is 1.17. The second-order valence-electron chi connectivity index (χ2n) is 3.00. The number of hydrogen-bond acceptors (Lipinski definition) is 3. The van der Waals surface area contributed by atoms with Gasteiger partial charge in [0.25, 0.3) is 5.91 Å². The Morgan fingerprint density at radius 1 is 1.54 bits per heavy atom. The molecule has 0 aromatic carbocycles. The van der Waals surface area contributed by atoms with Crippen molar-refractivity contribution in [3.05, 3.63) is 21.9 Å². The number of carbonyl (C=O) groups excluding carboxylic acids is 1. The fraction of sp³-hybridized carbons (Fsp3) is 0.444. The molecule has 1 aromatic heterocycles. The average Bonchev–Trinajstić information content (AvgIpc) is 2.52. The van der Waals surface area contributed by atoms with Gasteiger partial charge in [-0.2, -0.15) is 0 Å². The monoisotopic (exact) mass is 198 g/mol. The Morgan fingerprint density at radius 3 is 2.77 bits per heavy atom. The summed E-state index contributed by atoms with van der Waals surface area (Å²) in [6, 6.07) is 3.86. The number of hydrogen-bond donors (Lipinski definition) is 1. The molecule has 0 saturated carbocycles. The fourth-order valence-corrected chi connectivity index (χ4v) is 2.02. The van der Waals surface area contributed by atoms with Gasteiger partial charge < -0.3 is 10.2 Å². The van der Waals surface area contributed by atoms with E-state index in [0.717, 1.165) is 11.4 Å². The van der Waals surface area contributed by atoms with Crippen LogP contribution in [0.3, 0.4) is 0 Å². The molecule has 1 heterocycles. The second-order valence-corrected chi connectivity index (χ2v) is 4.16. The molecule has 13 heavy (non-hydrogen) atoms. The number of carbonyl (C=O) groups is 1. The van der Waals surface area contributed by atoms with Crippen molar-refractivity contribution in [3.63, 3.8) is 0 Å². The lowest BCUT2D eigenvalue weighted by Crippen LogP contribution is -2.20. The Kier molecular flexibility index (Phi) is 3.45. The molecular weight excluding hydrogens is 184 g/mol. The lowest BCUT2D eigenvalue weighted by molar-refractivity contribution is 0.0832. The third-order valence-electron chi connectivity index (χ3n) is 1.63. The van der Waals surface area contributed by atoms with Crippen LogP contribution in [-0.4, -0.2) is 32.0 Å². The molecule has 0 fully saturated rings. The third-order valence-corrected chi connectivity index (χ3v) is 2.70. The second kappa shape index (κ2) is 4.39. The molecule has 0 unspecified atom stereocenters.